The molecule has 2 rings (SSSR count). The first-order valence-corrected chi connectivity index (χ1v) is 6.95. The lowest BCUT2D eigenvalue weighted by molar-refractivity contribution is -0.133. The molecule has 1 aromatic carbocycles. The molecule has 1 heterocycles. The first-order chi connectivity index (χ1) is 8.80. The molecule has 0 radical (unpaired) electrons. The fourth-order valence-electron chi connectivity index (χ4n) is 2.11. The second-order valence-electron chi connectivity index (χ2n) is 5.74. The van der Waals surface area contributed by atoms with E-state index >= 15 is 0 Å². The highest BCUT2D eigenvalue weighted by Crippen LogP contribution is 2.30. The van der Waals surface area contributed by atoms with Crippen LogP contribution in [0.5, 0.6) is 0 Å². The minimum absolute atomic E-state index is 0.0635. The Labute approximate surface area is 121 Å². The Morgan fingerprint density at radius 2 is 1.89 bits per heavy atom. The highest BCUT2D eigenvalue weighted by atomic mass is 79.9. The van der Waals surface area contributed by atoms with Gasteiger partial charge in [-0.2, -0.15) is 0 Å². The van der Waals surface area contributed by atoms with Gasteiger partial charge in [-0.05, 0) is 33.5 Å². The number of halogens is 1. The molecule has 1 fully saturated rings. The van der Waals surface area contributed by atoms with Gasteiger partial charge in [0.2, 0.25) is 5.91 Å². The van der Waals surface area contributed by atoms with Crippen LogP contribution in [0.4, 0.5) is 5.69 Å². The number of anilines is 1. The number of amides is 2. The number of nitrogens with zero attached hydrogens (tertiary/aromatic N) is 1. The van der Waals surface area contributed by atoms with Crippen LogP contribution in [-0.2, 0) is 9.59 Å². The predicted octanol–water partition coefficient (Wildman–Crippen LogP) is 2.33. The summed E-state index contributed by atoms with van der Waals surface area (Å²) in [4.78, 5) is 25.9. The summed E-state index contributed by atoms with van der Waals surface area (Å²) in [5, 5.41) is 2.78. The molecule has 0 saturated carbocycles. The zero-order chi connectivity index (χ0) is 14.2. The monoisotopic (exact) mass is 324 g/mol. The van der Waals surface area contributed by atoms with Crippen molar-refractivity contribution in [2.24, 2.45) is 5.41 Å². The second kappa shape index (κ2) is 4.96. The van der Waals surface area contributed by atoms with E-state index in [0.29, 0.717) is 0 Å². The normalized spacial score (nSPS) is 20.4. The summed E-state index contributed by atoms with van der Waals surface area (Å²) < 4.78 is 0.811. The molecule has 1 N–H and O–H groups in total. The Bertz CT molecular complexity index is 522. The van der Waals surface area contributed by atoms with Crippen LogP contribution in [0.2, 0.25) is 0 Å². The summed E-state index contributed by atoms with van der Waals surface area (Å²) in [6.07, 6.45) is 0. The van der Waals surface area contributed by atoms with Crippen LogP contribution in [0.25, 0.3) is 0 Å². The van der Waals surface area contributed by atoms with Crippen LogP contribution < -0.4 is 10.2 Å². The maximum atomic E-state index is 12.6. The number of rotatable bonds is 1. The van der Waals surface area contributed by atoms with Crippen LogP contribution in [-0.4, -0.2) is 24.4 Å². The Morgan fingerprint density at radius 1 is 1.26 bits per heavy atom. The molecule has 5 heteroatoms. The van der Waals surface area contributed by atoms with Gasteiger partial charge in [0.1, 0.15) is 12.6 Å². The van der Waals surface area contributed by atoms with Gasteiger partial charge >= 0.3 is 0 Å². The summed E-state index contributed by atoms with van der Waals surface area (Å²) in [6.45, 7) is 5.90. The van der Waals surface area contributed by atoms with Gasteiger partial charge in [0, 0.05) is 4.47 Å². The topological polar surface area (TPSA) is 49.4 Å². The Hall–Kier alpha value is -1.36. The van der Waals surface area contributed by atoms with Crippen molar-refractivity contribution >= 4 is 33.4 Å². The van der Waals surface area contributed by atoms with Gasteiger partial charge in [-0.25, -0.2) is 0 Å². The molecule has 19 heavy (non-hydrogen) atoms. The van der Waals surface area contributed by atoms with Gasteiger partial charge in [-0.1, -0.05) is 32.9 Å². The van der Waals surface area contributed by atoms with E-state index < -0.39 is 6.04 Å². The Balaban J connectivity index is 2.39. The highest BCUT2D eigenvalue weighted by molar-refractivity contribution is 9.10. The van der Waals surface area contributed by atoms with E-state index in [4.69, 9.17) is 0 Å². The maximum Gasteiger partial charge on any atom is 0.250 e. The SMILES string of the molecule is CC(C)(C)C1NC(=O)CN(c2ccccc2Br)C1=O. The van der Waals surface area contributed by atoms with Crippen molar-refractivity contribution in [1.82, 2.24) is 5.32 Å². The molecule has 1 unspecified atom stereocenters. The van der Waals surface area contributed by atoms with Crippen LogP contribution in [0.3, 0.4) is 0 Å². The van der Waals surface area contributed by atoms with Crippen molar-refractivity contribution in [3.8, 4) is 0 Å². The number of carbonyl (C=O) groups excluding carboxylic acids is 2. The number of piperazine rings is 1. The summed E-state index contributed by atoms with van der Waals surface area (Å²) in [6, 6.07) is 6.93. The smallest absolute Gasteiger partial charge is 0.250 e. The van der Waals surface area contributed by atoms with Gasteiger partial charge in [0.25, 0.3) is 5.91 Å². The number of carbonyl (C=O) groups is 2. The van der Waals surface area contributed by atoms with Crippen molar-refractivity contribution in [1.29, 1.82) is 0 Å². The lowest BCUT2D eigenvalue weighted by Gasteiger charge is -2.39. The molecule has 0 spiro atoms. The number of para-hydroxylation sites is 1. The summed E-state index contributed by atoms with van der Waals surface area (Å²) in [5.41, 5.74) is 0.420. The lowest BCUT2D eigenvalue weighted by atomic mass is 9.84. The number of nitrogens with one attached hydrogen (secondary N) is 1. The zero-order valence-corrected chi connectivity index (χ0v) is 12.8. The lowest BCUT2D eigenvalue weighted by Crippen LogP contribution is -2.62. The van der Waals surface area contributed by atoms with E-state index in [0.717, 1.165) is 10.2 Å². The quantitative estimate of drug-likeness (QED) is 0.861. The van der Waals surface area contributed by atoms with E-state index in [1.807, 2.05) is 45.0 Å². The molecule has 1 atom stereocenters. The third-order valence-electron chi connectivity index (χ3n) is 3.13. The fraction of sp³-hybridized carbons (Fsp3) is 0.429. The van der Waals surface area contributed by atoms with Crippen LogP contribution in [0, 0.1) is 5.41 Å². The summed E-state index contributed by atoms with van der Waals surface area (Å²) in [5.74, 6) is -0.200. The summed E-state index contributed by atoms with van der Waals surface area (Å²) >= 11 is 3.42. The molecule has 4 nitrogen and oxygen atoms in total. The average Bonchev–Trinajstić information content (AvgIpc) is 2.31. The van der Waals surface area contributed by atoms with E-state index in [-0.39, 0.29) is 23.8 Å². The van der Waals surface area contributed by atoms with Gasteiger partial charge in [-0.15, -0.1) is 0 Å². The molecular formula is C14H17BrN2O2. The van der Waals surface area contributed by atoms with E-state index in [1.54, 1.807) is 4.90 Å². The third kappa shape index (κ3) is 2.81. The molecule has 1 aliphatic heterocycles. The molecule has 1 aromatic rings. The Kier molecular flexibility index (Phi) is 3.67. The average molecular weight is 325 g/mol. The molecule has 1 saturated heterocycles. The minimum atomic E-state index is -0.499. The molecule has 102 valence electrons. The minimum Gasteiger partial charge on any atom is -0.342 e. The molecule has 0 bridgehead atoms. The first-order valence-electron chi connectivity index (χ1n) is 6.16. The van der Waals surface area contributed by atoms with Crippen molar-refractivity contribution in [2.45, 2.75) is 26.8 Å². The third-order valence-corrected chi connectivity index (χ3v) is 3.80. The van der Waals surface area contributed by atoms with Crippen molar-refractivity contribution in [3.63, 3.8) is 0 Å². The van der Waals surface area contributed by atoms with Crippen molar-refractivity contribution in [2.75, 3.05) is 11.4 Å². The van der Waals surface area contributed by atoms with E-state index in [2.05, 4.69) is 21.2 Å². The largest absolute Gasteiger partial charge is 0.342 e. The molecule has 0 aliphatic carbocycles. The number of hydrogen-bond acceptors (Lipinski definition) is 2. The molecular weight excluding hydrogens is 308 g/mol. The van der Waals surface area contributed by atoms with E-state index in [1.165, 1.54) is 0 Å². The van der Waals surface area contributed by atoms with Gasteiger partial charge in [-0.3, -0.25) is 9.59 Å². The standard InChI is InChI=1S/C14H17BrN2O2/c1-14(2,3)12-13(19)17(8-11(18)16-12)10-7-5-4-6-9(10)15/h4-7,12H,8H2,1-3H3,(H,16,18). The predicted molar refractivity (Wildman–Crippen MR) is 77.9 cm³/mol. The zero-order valence-electron chi connectivity index (χ0n) is 11.2. The number of hydrogen-bond donors (Lipinski definition) is 1. The first kappa shape index (κ1) is 14.1. The Morgan fingerprint density at radius 3 is 2.47 bits per heavy atom. The fourth-order valence-corrected chi connectivity index (χ4v) is 2.61. The van der Waals surface area contributed by atoms with Crippen LogP contribution in [0.1, 0.15) is 20.8 Å². The molecule has 2 amide bonds. The number of benzene rings is 1. The van der Waals surface area contributed by atoms with Gasteiger partial charge in [0.15, 0.2) is 0 Å². The van der Waals surface area contributed by atoms with E-state index in [9.17, 15) is 9.59 Å². The van der Waals surface area contributed by atoms with Gasteiger partial charge < -0.3 is 10.2 Å². The summed E-state index contributed by atoms with van der Waals surface area (Å²) in [7, 11) is 0. The maximum absolute atomic E-state index is 12.6. The van der Waals surface area contributed by atoms with Crippen LogP contribution >= 0.6 is 15.9 Å². The van der Waals surface area contributed by atoms with Crippen LogP contribution in [0.15, 0.2) is 28.7 Å². The molecule has 1 aliphatic rings. The second-order valence-corrected chi connectivity index (χ2v) is 6.60. The van der Waals surface area contributed by atoms with Crippen molar-refractivity contribution < 1.29 is 9.59 Å². The molecule has 0 aromatic heterocycles. The van der Waals surface area contributed by atoms with Gasteiger partial charge in [0.05, 0.1) is 5.69 Å². The van der Waals surface area contributed by atoms with Crippen molar-refractivity contribution in [3.05, 3.63) is 28.7 Å². The highest BCUT2D eigenvalue weighted by Gasteiger charge is 2.40.